The fourth-order valence-corrected chi connectivity index (χ4v) is 5.83. The van der Waals surface area contributed by atoms with Crippen LogP contribution in [0.3, 0.4) is 0 Å². The zero-order valence-corrected chi connectivity index (χ0v) is 15.8. The van der Waals surface area contributed by atoms with Gasteiger partial charge in [-0.15, -0.1) is 0 Å². The highest BCUT2D eigenvalue weighted by Gasteiger charge is 2.53. The van der Waals surface area contributed by atoms with Crippen LogP contribution in [-0.4, -0.2) is 12.5 Å². The molecule has 25 heavy (non-hydrogen) atoms. The minimum absolute atomic E-state index is 0.0779. The molecule has 1 fully saturated rings. The lowest BCUT2D eigenvalue weighted by Crippen LogP contribution is -2.44. The number of hydrogen-bond acceptors (Lipinski definition) is 1. The van der Waals surface area contributed by atoms with Crippen molar-refractivity contribution in [1.82, 2.24) is 5.32 Å². The maximum Gasteiger partial charge on any atom is 0.247 e. The molecule has 1 amide bonds. The van der Waals surface area contributed by atoms with E-state index in [1.807, 2.05) is 0 Å². The molecule has 1 N–H and O–H groups in total. The van der Waals surface area contributed by atoms with Gasteiger partial charge in [-0.2, -0.15) is 0 Å². The molecule has 4 atom stereocenters. The minimum Gasteiger partial charge on any atom is -0.352 e. The van der Waals surface area contributed by atoms with Gasteiger partial charge in [0.15, 0.2) is 0 Å². The van der Waals surface area contributed by atoms with Crippen LogP contribution in [0.25, 0.3) is 0 Å². The average molecular weight is 338 g/mol. The summed E-state index contributed by atoms with van der Waals surface area (Å²) in [5, 5.41) is 3.16. The third-order valence-corrected chi connectivity index (χ3v) is 7.13. The minimum atomic E-state index is 0.0779. The van der Waals surface area contributed by atoms with E-state index in [-0.39, 0.29) is 11.3 Å². The van der Waals surface area contributed by atoms with Gasteiger partial charge in [-0.25, -0.2) is 0 Å². The van der Waals surface area contributed by atoms with E-state index >= 15 is 0 Å². The predicted octanol–water partition coefficient (Wildman–Crippen LogP) is 4.85. The van der Waals surface area contributed by atoms with Crippen molar-refractivity contribution in [1.29, 1.82) is 0 Å². The van der Waals surface area contributed by atoms with E-state index in [0.29, 0.717) is 17.8 Å². The molecule has 0 radical (unpaired) electrons. The summed E-state index contributed by atoms with van der Waals surface area (Å²) in [6, 6.07) is 9.05. The molecule has 0 spiro atoms. The van der Waals surface area contributed by atoms with E-state index < -0.39 is 0 Å². The van der Waals surface area contributed by atoms with Crippen LogP contribution >= 0.6 is 0 Å². The highest BCUT2D eigenvalue weighted by Crippen LogP contribution is 2.60. The maximum absolute atomic E-state index is 12.8. The summed E-state index contributed by atoms with van der Waals surface area (Å²) in [6.07, 6.45) is 8.22. The number of benzene rings is 1. The lowest BCUT2D eigenvalue weighted by molar-refractivity contribution is -0.119. The molecular formula is C23H31NO. The van der Waals surface area contributed by atoms with E-state index in [1.165, 1.54) is 19.3 Å². The van der Waals surface area contributed by atoms with Crippen molar-refractivity contribution in [3.63, 3.8) is 0 Å². The standard InChI is InChI=1S/C23H31NO/c1-15(2)14-24-22(25)21-11-10-20-19-9-8-16-6-4-5-7-17(16)18(19)12-13-23(20,21)3/h4-7,11,15,18-20H,8-10,12-14H2,1-3H3,(H,24,25)/t18-,19-,20+,23+/m1/s1. The summed E-state index contributed by atoms with van der Waals surface area (Å²) in [7, 11) is 0. The first kappa shape index (κ1) is 16.9. The van der Waals surface area contributed by atoms with Gasteiger partial charge in [-0.3, -0.25) is 4.79 Å². The molecule has 3 aliphatic rings. The van der Waals surface area contributed by atoms with Crippen molar-refractivity contribution in [3.05, 3.63) is 47.0 Å². The molecule has 0 unspecified atom stereocenters. The summed E-state index contributed by atoms with van der Waals surface area (Å²) in [5.74, 6) is 2.77. The van der Waals surface area contributed by atoms with Crippen LogP contribution < -0.4 is 5.32 Å². The van der Waals surface area contributed by atoms with Gasteiger partial charge < -0.3 is 5.32 Å². The summed E-state index contributed by atoms with van der Waals surface area (Å²) in [6.45, 7) is 7.44. The fraction of sp³-hybridized carbons (Fsp3) is 0.609. The molecule has 4 rings (SSSR count). The summed E-state index contributed by atoms with van der Waals surface area (Å²) >= 11 is 0. The van der Waals surface area contributed by atoms with Crippen molar-refractivity contribution in [3.8, 4) is 0 Å². The molecule has 134 valence electrons. The molecule has 0 bridgehead atoms. The van der Waals surface area contributed by atoms with Crippen molar-refractivity contribution >= 4 is 5.91 Å². The average Bonchev–Trinajstić information content (AvgIpc) is 2.96. The quantitative estimate of drug-likeness (QED) is 0.839. The zero-order chi connectivity index (χ0) is 17.6. The number of nitrogens with one attached hydrogen (secondary N) is 1. The molecule has 1 aromatic rings. The maximum atomic E-state index is 12.8. The Balaban J connectivity index is 1.56. The van der Waals surface area contributed by atoms with Crippen LogP contribution in [0.1, 0.15) is 63.5 Å². The Morgan fingerprint density at radius 2 is 2.08 bits per heavy atom. The molecule has 2 nitrogen and oxygen atoms in total. The van der Waals surface area contributed by atoms with Gasteiger partial charge in [0.25, 0.3) is 0 Å². The largest absolute Gasteiger partial charge is 0.352 e. The molecule has 0 aliphatic heterocycles. The second kappa shape index (κ2) is 6.30. The lowest BCUT2D eigenvalue weighted by Gasteiger charge is -2.50. The van der Waals surface area contributed by atoms with E-state index in [4.69, 9.17) is 0 Å². The Labute approximate surface area is 152 Å². The van der Waals surface area contributed by atoms with Crippen molar-refractivity contribution in [2.24, 2.45) is 23.2 Å². The third kappa shape index (κ3) is 2.74. The zero-order valence-electron chi connectivity index (χ0n) is 15.8. The van der Waals surface area contributed by atoms with Gasteiger partial charge in [0, 0.05) is 17.5 Å². The number of allylic oxidation sites excluding steroid dienone is 1. The molecule has 0 aromatic heterocycles. The second-order valence-electron chi connectivity index (χ2n) is 9.03. The van der Waals surface area contributed by atoms with Gasteiger partial charge in [-0.1, -0.05) is 51.1 Å². The molecule has 1 aromatic carbocycles. The number of carbonyl (C=O) groups excluding carboxylic acids is 1. The summed E-state index contributed by atoms with van der Waals surface area (Å²) in [4.78, 5) is 12.8. The molecular weight excluding hydrogens is 306 g/mol. The third-order valence-electron chi connectivity index (χ3n) is 7.13. The first-order valence-corrected chi connectivity index (χ1v) is 10.1. The Kier molecular flexibility index (Phi) is 4.25. The van der Waals surface area contributed by atoms with Crippen LogP contribution in [0.5, 0.6) is 0 Å². The Morgan fingerprint density at radius 1 is 1.28 bits per heavy atom. The van der Waals surface area contributed by atoms with E-state index in [9.17, 15) is 4.79 Å². The van der Waals surface area contributed by atoms with Crippen LogP contribution in [0.4, 0.5) is 0 Å². The Morgan fingerprint density at radius 3 is 2.88 bits per heavy atom. The number of rotatable bonds is 3. The van der Waals surface area contributed by atoms with Crippen molar-refractivity contribution in [2.75, 3.05) is 6.54 Å². The van der Waals surface area contributed by atoms with Crippen LogP contribution in [0, 0.1) is 23.2 Å². The van der Waals surface area contributed by atoms with Crippen LogP contribution in [0.2, 0.25) is 0 Å². The predicted molar refractivity (Wildman–Crippen MR) is 102 cm³/mol. The van der Waals surface area contributed by atoms with Gasteiger partial charge in [0.1, 0.15) is 0 Å². The lowest BCUT2D eigenvalue weighted by atomic mass is 9.54. The summed E-state index contributed by atoms with van der Waals surface area (Å²) in [5.41, 5.74) is 4.32. The Hall–Kier alpha value is -1.57. The fourth-order valence-electron chi connectivity index (χ4n) is 5.83. The van der Waals surface area contributed by atoms with Gasteiger partial charge in [0.2, 0.25) is 5.91 Å². The normalized spacial score (nSPS) is 33.3. The van der Waals surface area contributed by atoms with Gasteiger partial charge >= 0.3 is 0 Å². The van der Waals surface area contributed by atoms with Crippen molar-refractivity contribution < 1.29 is 4.79 Å². The van der Waals surface area contributed by atoms with E-state index in [0.717, 1.165) is 30.9 Å². The number of aryl methyl sites for hydroxylation is 1. The van der Waals surface area contributed by atoms with Crippen molar-refractivity contribution in [2.45, 2.75) is 58.8 Å². The first-order chi connectivity index (χ1) is 12.0. The highest BCUT2D eigenvalue weighted by molar-refractivity contribution is 5.95. The topological polar surface area (TPSA) is 29.1 Å². The van der Waals surface area contributed by atoms with Crippen LogP contribution in [-0.2, 0) is 11.2 Å². The Bertz CT molecular complexity index is 704. The van der Waals surface area contributed by atoms with E-state index in [1.54, 1.807) is 11.1 Å². The number of fused-ring (bicyclic) bond motifs is 5. The summed E-state index contributed by atoms with van der Waals surface area (Å²) < 4.78 is 0. The number of hydrogen-bond donors (Lipinski definition) is 1. The molecule has 2 heteroatoms. The monoisotopic (exact) mass is 337 g/mol. The first-order valence-electron chi connectivity index (χ1n) is 10.1. The highest BCUT2D eigenvalue weighted by atomic mass is 16.1. The number of amides is 1. The smallest absolute Gasteiger partial charge is 0.247 e. The number of carbonyl (C=O) groups is 1. The second-order valence-corrected chi connectivity index (χ2v) is 9.03. The molecule has 0 saturated heterocycles. The van der Waals surface area contributed by atoms with Gasteiger partial charge in [-0.05, 0) is 66.9 Å². The van der Waals surface area contributed by atoms with Gasteiger partial charge in [0.05, 0.1) is 0 Å². The van der Waals surface area contributed by atoms with Crippen LogP contribution in [0.15, 0.2) is 35.9 Å². The van der Waals surface area contributed by atoms with E-state index in [2.05, 4.69) is 56.4 Å². The molecule has 3 aliphatic carbocycles. The molecule has 0 heterocycles. The SMILES string of the molecule is CC(C)CNC(=O)C1=CC[C@H]2[C@@H]3CCc4ccccc4[C@H]3CC[C@]12C. The molecule has 1 saturated carbocycles.